The molecule has 0 saturated heterocycles. The van der Waals surface area contributed by atoms with Crippen molar-refractivity contribution in [3.8, 4) is 5.75 Å². The summed E-state index contributed by atoms with van der Waals surface area (Å²) in [5.41, 5.74) is 2.02. The molecule has 2 amide bonds. The van der Waals surface area contributed by atoms with Gasteiger partial charge in [-0.3, -0.25) is 9.59 Å². The van der Waals surface area contributed by atoms with Gasteiger partial charge in [-0.15, -0.1) is 0 Å². The maximum Gasteiger partial charge on any atom is 0.253 e. The molecule has 1 atom stereocenters. The van der Waals surface area contributed by atoms with Crippen molar-refractivity contribution in [2.75, 3.05) is 5.32 Å². The molecule has 0 aliphatic rings. The van der Waals surface area contributed by atoms with Gasteiger partial charge in [-0.2, -0.15) is 0 Å². The van der Waals surface area contributed by atoms with E-state index in [9.17, 15) is 9.59 Å². The monoisotopic (exact) mass is 408 g/mol. The van der Waals surface area contributed by atoms with Crippen LogP contribution in [0.2, 0.25) is 5.02 Å². The van der Waals surface area contributed by atoms with Crippen LogP contribution in [0.1, 0.15) is 22.8 Å². The largest absolute Gasteiger partial charge is 0.489 e. The van der Waals surface area contributed by atoms with Gasteiger partial charge < -0.3 is 15.4 Å². The molecule has 0 spiro atoms. The Morgan fingerprint density at radius 2 is 1.59 bits per heavy atom. The summed E-state index contributed by atoms with van der Waals surface area (Å²) in [5, 5.41) is 5.76. The minimum Gasteiger partial charge on any atom is -0.489 e. The lowest BCUT2D eigenvalue weighted by atomic mass is 10.2. The third kappa shape index (κ3) is 5.83. The van der Waals surface area contributed by atoms with Crippen LogP contribution in [0.15, 0.2) is 78.9 Å². The zero-order chi connectivity index (χ0) is 20.6. The number of carbonyl (C=O) groups excluding carboxylic acids is 2. The van der Waals surface area contributed by atoms with Gasteiger partial charge >= 0.3 is 0 Å². The lowest BCUT2D eigenvalue weighted by Gasteiger charge is -2.15. The van der Waals surface area contributed by atoms with Crippen LogP contribution in [0.3, 0.4) is 0 Å². The third-order valence-corrected chi connectivity index (χ3v) is 4.56. The maximum atomic E-state index is 12.4. The number of hydrogen-bond donors (Lipinski definition) is 2. The quantitative estimate of drug-likeness (QED) is 0.596. The molecule has 29 heavy (non-hydrogen) atoms. The summed E-state index contributed by atoms with van der Waals surface area (Å²) in [5.74, 6) is -0.0295. The van der Waals surface area contributed by atoms with E-state index in [1.807, 2.05) is 30.3 Å². The molecule has 0 fully saturated rings. The average Bonchev–Trinajstić information content (AvgIpc) is 2.74. The predicted molar refractivity (Wildman–Crippen MR) is 114 cm³/mol. The Hall–Kier alpha value is -3.31. The molecule has 0 saturated carbocycles. The van der Waals surface area contributed by atoms with Crippen LogP contribution < -0.4 is 15.4 Å². The van der Waals surface area contributed by atoms with Crippen molar-refractivity contribution in [3.63, 3.8) is 0 Å². The Balaban J connectivity index is 1.52. The Bertz CT molecular complexity index is 975. The molecule has 0 heterocycles. The van der Waals surface area contributed by atoms with Gasteiger partial charge in [-0.1, -0.05) is 54.1 Å². The smallest absolute Gasteiger partial charge is 0.253 e. The Kier molecular flexibility index (Phi) is 6.87. The fraction of sp³-hybridized carbons (Fsp3) is 0.130. The first-order chi connectivity index (χ1) is 14.0. The van der Waals surface area contributed by atoms with Gasteiger partial charge in [0.2, 0.25) is 5.91 Å². The van der Waals surface area contributed by atoms with Crippen molar-refractivity contribution in [1.29, 1.82) is 0 Å². The van der Waals surface area contributed by atoms with E-state index in [0.717, 1.165) is 5.56 Å². The topological polar surface area (TPSA) is 67.4 Å². The second-order valence-electron chi connectivity index (χ2n) is 6.46. The summed E-state index contributed by atoms with van der Waals surface area (Å²) in [6, 6.07) is 22.9. The van der Waals surface area contributed by atoms with Crippen molar-refractivity contribution in [1.82, 2.24) is 5.32 Å². The minimum atomic E-state index is -0.729. The van der Waals surface area contributed by atoms with E-state index in [0.29, 0.717) is 28.6 Å². The summed E-state index contributed by atoms with van der Waals surface area (Å²) < 4.78 is 5.73. The lowest BCUT2D eigenvalue weighted by molar-refractivity contribution is -0.117. The fourth-order valence-electron chi connectivity index (χ4n) is 2.61. The van der Waals surface area contributed by atoms with Gasteiger partial charge in [-0.25, -0.2) is 0 Å². The maximum absolute atomic E-state index is 12.4. The molecule has 2 N–H and O–H groups in total. The molecule has 3 aromatic carbocycles. The van der Waals surface area contributed by atoms with Crippen LogP contribution in [0.5, 0.6) is 5.75 Å². The predicted octanol–water partition coefficient (Wildman–Crippen LogP) is 4.68. The number of anilines is 1. The number of hydrogen-bond acceptors (Lipinski definition) is 3. The first-order valence-electron chi connectivity index (χ1n) is 9.16. The highest BCUT2D eigenvalue weighted by atomic mass is 35.5. The molecule has 0 radical (unpaired) electrons. The van der Waals surface area contributed by atoms with Gasteiger partial charge in [-0.05, 0) is 48.9 Å². The number of amides is 2. The molecule has 148 valence electrons. The average molecular weight is 409 g/mol. The third-order valence-electron chi connectivity index (χ3n) is 4.23. The van der Waals surface area contributed by atoms with Crippen LogP contribution in [0.25, 0.3) is 0 Å². The van der Waals surface area contributed by atoms with Crippen molar-refractivity contribution >= 4 is 29.1 Å². The standard InChI is InChI=1S/C23H21ClN2O3/c1-16(25-23(28)20-9-5-6-10-21(20)24)22(27)26-18-11-13-19(14-12-18)29-15-17-7-3-2-4-8-17/h2-14,16H,15H2,1H3,(H,25,28)(H,26,27). The number of carbonyl (C=O) groups is 2. The first-order valence-corrected chi connectivity index (χ1v) is 9.54. The fourth-order valence-corrected chi connectivity index (χ4v) is 2.83. The highest BCUT2D eigenvalue weighted by molar-refractivity contribution is 6.33. The molecular formula is C23H21ClN2O3. The van der Waals surface area contributed by atoms with E-state index in [1.54, 1.807) is 55.5 Å². The SMILES string of the molecule is CC(NC(=O)c1ccccc1Cl)C(=O)Nc1ccc(OCc2ccccc2)cc1. The molecule has 3 rings (SSSR count). The number of halogens is 1. The molecule has 0 aliphatic heterocycles. The zero-order valence-corrected chi connectivity index (χ0v) is 16.6. The number of ether oxygens (including phenoxy) is 1. The first kappa shape index (κ1) is 20.4. The summed E-state index contributed by atoms with van der Waals surface area (Å²) in [6.45, 7) is 2.08. The highest BCUT2D eigenvalue weighted by Crippen LogP contribution is 2.18. The van der Waals surface area contributed by atoms with Crippen LogP contribution in [0.4, 0.5) is 5.69 Å². The van der Waals surface area contributed by atoms with E-state index in [-0.39, 0.29) is 5.91 Å². The second-order valence-corrected chi connectivity index (χ2v) is 6.87. The number of nitrogens with one attached hydrogen (secondary N) is 2. The second kappa shape index (κ2) is 9.75. The Labute approximate surface area is 174 Å². The zero-order valence-electron chi connectivity index (χ0n) is 15.9. The van der Waals surface area contributed by atoms with Crippen LogP contribution in [-0.4, -0.2) is 17.9 Å². The minimum absolute atomic E-state index is 0.328. The molecule has 0 aromatic heterocycles. The van der Waals surface area contributed by atoms with Crippen molar-refractivity contribution in [3.05, 3.63) is 95.0 Å². The lowest BCUT2D eigenvalue weighted by Crippen LogP contribution is -2.41. The Morgan fingerprint density at radius 1 is 0.931 bits per heavy atom. The molecule has 0 aliphatic carbocycles. The van der Waals surface area contributed by atoms with Crippen LogP contribution in [0, 0.1) is 0 Å². The van der Waals surface area contributed by atoms with E-state index in [4.69, 9.17) is 16.3 Å². The molecule has 1 unspecified atom stereocenters. The van der Waals surface area contributed by atoms with Crippen LogP contribution >= 0.6 is 11.6 Å². The van der Waals surface area contributed by atoms with E-state index < -0.39 is 11.9 Å². The van der Waals surface area contributed by atoms with Crippen molar-refractivity contribution in [2.24, 2.45) is 0 Å². The summed E-state index contributed by atoms with van der Waals surface area (Å²) in [4.78, 5) is 24.6. The van der Waals surface area contributed by atoms with E-state index >= 15 is 0 Å². The molecule has 5 nitrogen and oxygen atoms in total. The van der Waals surface area contributed by atoms with Crippen molar-refractivity contribution in [2.45, 2.75) is 19.6 Å². The normalized spacial score (nSPS) is 11.4. The van der Waals surface area contributed by atoms with E-state index in [1.165, 1.54) is 0 Å². The molecule has 3 aromatic rings. The Morgan fingerprint density at radius 3 is 2.28 bits per heavy atom. The highest BCUT2D eigenvalue weighted by Gasteiger charge is 2.18. The number of benzene rings is 3. The summed E-state index contributed by atoms with van der Waals surface area (Å²) in [6.07, 6.45) is 0. The van der Waals surface area contributed by atoms with E-state index in [2.05, 4.69) is 10.6 Å². The van der Waals surface area contributed by atoms with Gasteiger partial charge in [0.05, 0.1) is 10.6 Å². The van der Waals surface area contributed by atoms with Crippen LogP contribution in [-0.2, 0) is 11.4 Å². The van der Waals surface area contributed by atoms with Gasteiger partial charge in [0.25, 0.3) is 5.91 Å². The van der Waals surface area contributed by atoms with Gasteiger partial charge in [0.1, 0.15) is 18.4 Å². The summed E-state index contributed by atoms with van der Waals surface area (Å²) >= 11 is 6.02. The summed E-state index contributed by atoms with van der Waals surface area (Å²) in [7, 11) is 0. The molecule has 6 heteroatoms. The van der Waals surface area contributed by atoms with Gasteiger partial charge in [0.15, 0.2) is 0 Å². The van der Waals surface area contributed by atoms with Crippen molar-refractivity contribution < 1.29 is 14.3 Å². The van der Waals surface area contributed by atoms with Gasteiger partial charge in [0, 0.05) is 5.69 Å². The number of rotatable bonds is 7. The molecular weight excluding hydrogens is 388 g/mol. The molecule has 0 bridgehead atoms.